The van der Waals surface area contributed by atoms with E-state index in [4.69, 9.17) is 4.74 Å². The molecule has 1 aromatic rings. The summed E-state index contributed by atoms with van der Waals surface area (Å²) in [5, 5.41) is 9.48. The highest BCUT2D eigenvalue weighted by atomic mass is 16.5. The van der Waals surface area contributed by atoms with Crippen molar-refractivity contribution >= 4 is 11.9 Å². The van der Waals surface area contributed by atoms with Gasteiger partial charge in [0.1, 0.15) is 5.41 Å². The second kappa shape index (κ2) is 6.93. The Morgan fingerprint density at radius 1 is 1.29 bits per heavy atom. The third kappa shape index (κ3) is 3.31. The Bertz CT molecular complexity index is 597. The fraction of sp³-hybridized carbons (Fsp3) is 0.579. The molecule has 1 N–H and O–H groups in total. The van der Waals surface area contributed by atoms with Crippen molar-refractivity contribution in [2.75, 3.05) is 26.8 Å². The van der Waals surface area contributed by atoms with Crippen LogP contribution in [0, 0.1) is 11.3 Å². The Hall–Kier alpha value is -1.88. The van der Waals surface area contributed by atoms with Crippen LogP contribution in [0.3, 0.4) is 0 Å². The van der Waals surface area contributed by atoms with Gasteiger partial charge in [0.2, 0.25) is 5.91 Å². The number of carbonyl (C=O) groups is 2. The summed E-state index contributed by atoms with van der Waals surface area (Å²) in [6.45, 7) is 0.943. The summed E-state index contributed by atoms with van der Waals surface area (Å²) in [6.07, 6.45) is 3.10. The van der Waals surface area contributed by atoms with Crippen LogP contribution in [-0.2, 0) is 14.3 Å². The number of nitrogens with zero attached hydrogens (tertiary/aromatic N) is 1. The lowest BCUT2D eigenvalue weighted by molar-refractivity contribution is -0.151. The highest BCUT2D eigenvalue weighted by Crippen LogP contribution is 2.44. The van der Waals surface area contributed by atoms with Crippen LogP contribution in [0.1, 0.15) is 37.2 Å². The number of carboxylic acid groups (broad SMARTS) is 1. The van der Waals surface area contributed by atoms with Gasteiger partial charge in [0.05, 0.1) is 6.61 Å². The van der Waals surface area contributed by atoms with Crippen LogP contribution in [0.25, 0.3) is 0 Å². The number of benzene rings is 1. The zero-order valence-corrected chi connectivity index (χ0v) is 14.1. The SMILES string of the molecule is COCC1(C(=O)O)CCN(C(=O)CC2CC(c3ccccc3)C2)C1. The predicted octanol–water partition coefficient (Wildman–Crippen LogP) is 2.52. The molecular weight excluding hydrogens is 306 g/mol. The highest BCUT2D eigenvalue weighted by molar-refractivity contribution is 5.81. The average Bonchev–Trinajstić information content (AvgIpc) is 2.97. The number of hydrogen-bond donors (Lipinski definition) is 1. The summed E-state index contributed by atoms with van der Waals surface area (Å²) in [4.78, 5) is 25.8. The van der Waals surface area contributed by atoms with Crippen LogP contribution < -0.4 is 0 Å². The molecule has 1 unspecified atom stereocenters. The predicted molar refractivity (Wildman–Crippen MR) is 89.7 cm³/mol. The monoisotopic (exact) mass is 331 g/mol. The van der Waals surface area contributed by atoms with E-state index in [-0.39, 0.29) is 19.1 Å². The molecule has 1 heterocycles. The molecule has 1 atom stereocenters. The first-order chi connectivity index (χ1) is 11.5. The number of likely N-dealkylation sites (tertiary alicyclic amines) is 1. The quantitative estimate of drug-likeness (QED) is 0.870. The minimum absolute atomic E-state index is 0.0886. The zero-order chi connectivity index (χ0) is 17.2. The maximum atomic E-state index is 12.5. The largest absolute Gasteiger partial charge is 0.481 e. The molecule has 1 aliphatic heterocycles. The van der Waals surface area contributed by atoms with Crippen molar-refractivity contribution in [3.63, 3.8) is 0 Å². The van der Waals surface area contributed by atoms with Gasteiger partial charge < -0.3 is 14.7 Å². The second-order valence-corrected chi connectivity index (χ2v) is 7.23. The van der Waals surface area contributed by atoms with Gasteiger partial charge in [0, 0.05) is 26.6 Å². The van der Waals surface area contributed by atoms with E-state index >= 15 is 0 Å². The van der Waals surface area contributed by atoms with Crippen LogP contribution >= 0.6 is 0 Å². The highest BCUT2D eigenvalue weighted by Gasteiger charge is 2.46. The molecule has 24 heavy (non-hydrogen) atoms. The number of carbonyl (C=O) groups excluding carboxylic acids is 1. The van der Waals surface area contributed by atoms with Gasteiger partial charge in [0.15, 0.2) is 0 Å². The normalized spacial score (nSPS) is 29.3. The molecule has 3 rings (SSSR count). The summed E-state index contributed by atoms with van der Waals surface area (Å²) in [6, 6.07) is 10.4. The van der Waals surface area contributed by atoms with Crippen LogP contribution in [-0.4, -0.2) is 48.7 Å². The Balaban J connectivity index is 1.50. The lowest BCUT2D eigenvalue weighted by atomic mass is 9.70. The molecule has 0 radical (unpaired) electrons. The molecule has 1 saturated carbocycles. The van der Waals surface area contributed by atoms with Gasteiger partial charge in [-0.2, -0.15) is 0 Å². The maximum Gasteiger partial charge on any atom is 0.313 e. The molecule has 2 aliphatic rings. The number of amides is 1. The molecule has 0 aromatic heterocycles. The number of methoxy groups -OCH3 is 1. The number of hydrogen-bond acceptors (Lipinski definition) is 3. The number of carboxylic acids is 1. The Morgan fingerprint density at radius 3 is 2.62 bits per heavy atom. The van der Waals surface area contributed by atoms with Gasteiger partial charge in [-0.3, -0.25) is 9.59 Å². The number of ether oxygens (including phenoxy) is 1. The van der Waals surface area contributed by atoms with Crippen LogP contribution in [0.4, 0.5) is 0 Å². The molecule has 1 aliphatic carbocycles. The number of aliphatic carboxylic acids is 1. The Morgan fingerprint density at radius 2 is 2.00 bits per heavy atom. The van der Waals surface area contributed by atoms with Gasteiger partial charge in [0.25, 0.3) is 0 Å². The lowest BCUT2D eigenvalue weighted by Gasteiger charge is -2.36. The van der Waals surface area contributed by atoms with Crippen LogP contribution in [0.5, 0.6) is 0 Å². The smallest absolute Gasteiger partial charge is 0.313 e. The van der Waals surface area contributed by atoms with Gasteiger partial charge in [-0.1, -0.05) is 30.3 Å². The molecular formula is C19H25NO4. The van der Waals surface area contributed by atoms with Crippen molar-refractivity contribution in [2.24, 2.45) is 11.3 Å². The van der Waals surface area contributed by atoms with E-state index in [0.29, 0.717) is 31.2 Å². The van der Waals surface area contributed by atoms with Gasteiger partial charge in [-0.15, -0.1) is 0 Å². The molecule has 1 amide bonds. The van der Waals surface area contributed by atoms with Crippen molar-refractivity contribution in [1.29, 1.82) is 0 Å². The van der Waals surface area contributed by atoms with E-state index in [2.05, 4.69) is 24.3 Å². The van der Waals surface area contributed by atoms with Crippen molar-refractivity contribution < 1.29 is 19.4 Å². The summed E-state index contributed by atoms with van der Waals surface area (Å²) in [7, 11) is 1.51. The standard InChI is InChI=1S/C19H25NO4/c1-24-13-19(18(22)23)7-8-20(12-19)17(21)11-14-9-16(10-14)15-5-3-2-4-6-15/h2-6,14,16H,7-13H2,1H3,(H,22,23). The summed E-state index contributed by atoms with van der Waals surface area (Å²) >= 11 is 0. The van der Waals surface area contributed by atoms with Crippen molar-refractivity contribution in [3.8, 4) is 0 Å². The van der Waals surface area contributed by atoms with Crippen LogP contribution in [0.2, 0.25) is 0 Å². The van der Waals surface area contributed by atoms with Crippen molar-refractivity contribution in [3.05, 3.63) is 35.9 Å². The summed E-state index contributed by atoms with van der Waals surface area (Å²) < 4.78 is 5.08. The Labute approximate surface area is 142 Å². The molecule has 5 heteroatoms. The zero-order valence-electron chi connectivity index (χ0n) is 14.1. The van der Waals surface area contributed by atoms with E-state index in [9.17, 15) is 14.7 Å². The van der Waals surface area contributed by atoms with Crippen LogP contribution in [0.15, 0.2) is 30.3 Å². The molecule has 2 fully saturated rings. The van der Waals surface area contributed by atoms with E-state index in [0.717, 1.165) is 12.8 Å². The van der Waals surface area contributed by atoms with Crippen molar-refractivity contribution in [1.82, 2.24) is 4.90 Å². The van der Waals surface area contributed by atoms with Crippen molar-refractivity contribution in [2.45, 2.75) is 31.6 Å². The topological polar surface area (TPSA) is 66.8 Å². The molecule has 1 saturated heterocycles. The van der Waals surface area contributed by atoms with Gasteiger partial charge >= 0.3 is 5.97 Å². The minimum Gasteiger partial charge on any atom is -0.481 e. The van der Waals surface area contributed by atoms with E-state index < -0.39 is 11.4 Å². The molecule has 5 nitrogen and oxygen atoms in total. The maximum absolute atomic E-state index is 12.5. The first-order valence-electron chi connectivity index (χ1n) is 8.59. The first kappa shape index (κ1) is 17.0. The van der Waals surface area contributed by atoms with E-state index in [1.165, 1.54) is 12.7 Å². The van der Waals surface area contributed by atoms with Gasteiger partial charge in [-0.05, 0) is 36.7 Å². The molecule has 130 valence electrons. The van der Waals surface area contributed by atoms with E-state index in [1.807, 2.05) is 6.07 Å². The summed E-state index contributed by atoms with van der Waals surface area (Å²) in [5.74, 6) is 0.206. The molecule has 0 spiro atoms. The molecule has 1 aromatic carbocycles. The minimum atomic E-state index is -0.934. The average molecular weight is 331 g/mol. The number of rotatable bonds is 6. The Kier molecular flexibility index (Phi) is 4.90. The van der Waals surface area contributed by atoms with E-state index in [1.54, 1.807) is 4.90 Å². The lowest BCUT2D eigenvalue weighted by Crippen LogP contribution is -2.40. The summed E-state index contributed by atoms with van der Waals surface area (Å²) in [5.41, 5.74) is 0.420. The third-order valence-electron chi connectivity index (χ3n) is 5.55. The fourth-order valence-corrected chi connectivity index (χ4v) is 3.99. The molecule has 0 bridgehead atoms. The third-order valence-corrected chi connectivity index (χ3v) is 5.55. The fourth-order valence-electron chi connectivity index (χ4n) is 3.99. The van der Waals surface area contributed by atoms with Gasteiger partial charge in [-0.25, -0.2) is 0 Å². The second-order valence-electron chi connectivity index (χ2n) is 7.23. The first-order valence-corrected chi connectivity index (χ1v) is 8.59.